The van der Waals surface area contributed by atoms with Crippen LogP contribution in [-0.2, 0) is 11.3 Å². The van der Waals surface area contributed by atoms with Gasteiger partial charge in [0.15, 0.2) is 0 Å². The Morgan fingerprint density at radius 3 is 2.67 bits per heavy atom. The van der Waals surface area contributed by atoms with Crippen LogP contribution in [0.1, 0.15) is 22.5 Å². The van der Waals surface area contributed by atoms with Crippen LogP contribution in [0.4, 0.5) is 0 Å². The molecule has 5 rings (SSSR count). The number of likely N-dealkylation sites (tertiary alicyclic amines) is 1. The van der Waals surface area contributed by atoms with Crippen molar-refractivity contribution in [1.29, 1.82) is 0 Å². The van der Waals surface area contributed by atoms with Gasteiger partial charge in [-0.2, -0.15) is 0 Å². The molecule has 3 heterocycles. The summed E-state index contributed by atoms with van der Waals surface area (Å²) in [7, 11) is 0. The Morgan fingerprint density at radius 1 is 1.00 bits per heavy atom. The number of carbonyl (C=O) groups is 1. The van der Waals surface area contributed by atoms with E-state index in [4.69, 9.17) is 4.74 Å². The lowest BCUT2D eigenvalue weighted by Gasteiger charge is -2.17. The third-order valence-corrected chi connectivity index (χ3v) is 5.47. The van der Waals surface area contributed by atoms with Gasteiger partial charge in [0.1, 0.15) is 6.33 Å². The van der Waals surface area contributed by atoms with Crippen molar-refractivity contribution in [3.05, 3.63) is 90.5 Å². The first-order valence-corrected chi connectivity index (χ1v) is 10.1. The number of pyridine rings is 1. The number of hydrogen-bond donors (Lipinski definition) is 0. The minimum Gasteiger partial charge on any atom is -0.370 e. The number of rotatable bonds is 5. The van der Waals surface area contributed by atoms with Crippen molar-refractivity contribution in [3.8, 4) is 5.69 Å². The van der Waals surface area contributed by atoms with Gasteiger partial charge in [-0.3, -0.25) is 14.3 Å². The molecule has 2 aromatic heterocycles. The number of fused-ring (bicyclic) bond motifs is 1. The molecule has 6 nitrogen and oxygen atoms in total. The zero-order chi connectivity index (χ0) is 20.3. The predicted octanol–water partition coefficient (Wildman–Crippen LogP) is 3.85. The number of ether oxygens (including phenoxy) is 1. The highest BCUT2D eigenvalue weighted by Crippen LogP contribution is 2.21. The van der Waals surface area contributed by atoms with Crippen LogP contribution in [0.2, 0.25) is 0 Å². The largest absolute Gasteiger partial charge is 0.370 e. The van der Waals surface area contributed by atoms with Gasteiger partial charge in [0, 0.05) is 30.5 Å². The van der Waals surface area contributed by atoms with Gasteiger partial charge in [0.25, 0.3) is 5.91 Å². The van der Waals surface area contributed by atoms with Gasteiger partial charge < -0.3 is 9.64 Å². The van der Waals surface area contributed by atoms with E-state index in [2.05, 4.69) is 9.97 Å². The van der Waals surface area contributed by atoms with Crippen molar-refractivity contribution in [2.45, 2.75) is 19.1 Å². The van der Waals surface area contributed by atoms with Crippen LogP contribution in [0.3, 0.4) is 0 Å². The normalized spacial score (nSPS) is 16.3. The monoisotopic (exact) mass is 398 g/mol. The van der Waals surface area contributed by atoms with Gasteiger partial charge in [-0.05, 0) is 55.0 Å². The quantitative estimate of drug-likeness (QED) is 0.512. The van der Waals surface area contributed by atoms with E-state index in [-0.39, 0.29) is 12.0 Å². The molecule has 0 unspecified atom stereocenters. The fraction of sp³-hybridized carbons (Fsp3) is 0.208. The minimum absolute atomic E-state index is 0.0426. The number of amides is 1. The maximum absolute atomic E-state index is 12.9. The van der Waals surface area contributed by atoms with Crippen LogP contribution < -0.4 is 0 Å². The first kappa shape index (κ1) is 18.5. The second-order valence-electron chi connectivity index (χ2n) is 7.44. The van der Waals surface area contributed by atoms with Crippen LogP contribution in [-0.4, -0.2) is 44.5 Å². The lowest BCUT2D eigenvalue weighted by Crippen LogP contribution is -2.30. The van der Waals surface area contributed by atoms with Gasteiger partial charge in [-0.1, -0.05) is 18.2 Å². The van der Waals surface area contributed by atoms with Gasteiger partial charge >= 0.3 is 0 Å². The van der Waals surface area contributed by atoms with Crippen LogP contribution >= 0.6 is 0 Å². The molecule has 2 aromatic carbocycles. The number of imidazole rings is 1. The number of carbonyl (C=O) groups excluding carboxylic acids is 1. The van der Waals surface area contributed by atoms with Gasteiger partial charge in [0.2, 0.25) is 0 Å². The summed E-state index contributed by atoms with van der Waals surface area (Å²) in [5.74, 6) is 0.0426. The second kappa shape index (κ2) is 8.08. The molecular weight excluding hydrogens is 376 g/mol. The highest BCUT2D eigenvalue weighted by Gasteiger charge is 2.27. The third-order valence-electron chi connectivity index (χ3n) is 5.47. The highest BCUT2D eigenvalue weighted by molar-refractivity contribution is 5.94. The van der Waals surface area contributed by atoms with Crippen LogP contribution in [0.25, 0.3) is 16.7 Å². The summed E-state index contributed by atoms with van der Waals surface area (Å²) in [6, 6.07) is 21.5. The Kier molecular flexibility index (Phi) is 4.99. The summed E-state index contributed by atoms with van der Waals surface area (Å²) in [6.07, 6.45) is 4.47. The maximum atomic E-state index is 12.9. The average molecular weight is 398 g/mol. The second-order valence-corrected chi connectivity index (χ2v) is 7.44. The molecule has 1 fully saturated rings. The van der Waals surface area contributed by atoms with Gasteiger partial charge in [-0.25, -0.2) is 4.98 Å². The van der Waals surface area contributed by atoms with E-state index < -0.39 is 0 Å². The topological polar surface area (TPSA) is 60.2 Å². The summed E-state index contributed by atoms with van der Waals surface area (Å²) in [4.78, 5) is 23.5. The zero-order valence-corrected chi connectivity index (χ0v) is 16.5. The third kappa shape index (κ3) is 3.69. The van der Waals surface area contributed by atoms with E-state index >= 15 is 0 Å². The highest BCUT2D eigenvalue weighted by atomic mass is 16.5. The SMILES string of the molecule is O=C(c1ccc(-n2cnc3ccccc32)cc1)N1CC[C@H](OCc2ccccn2)C1. The van der Waals surface area contributed by atoms with Crippen LogP contribution in [0, 0.1) is 0 Å². The Hall–Kier alpha value is -3.51. The molecule has 1 atom stereocenters. The molecule has 0 N–H and O–H groups in total. The zero-order valence-electron chi connectivity index (χ0n) is 16.5. The van der Waals surface area contributed by atoms with Gasteiger partial charge in [0.05, 0.1) is 29.4 Å². The molecule has 1 aliphatic heterocycles. The molecule has 1 saturated heterocycles. The van der Waals surface area contributed by atoms with Crippen LogP contribution in [0.15, 0.2) is 79.3 Å². The Morgan fingerprint density at radius 2 is 1.83 bits per heavy atom. The molecule has 0 saturated carbocycles. The summed E-state index contributed by atoms with van der Waals surface area (Å²) < 4.78 is 7.98. The molecule has 0 radical (unpaired) electrons. The van der Waals surface area contributed by atoms with Crippen molar-refractivity contribution < 1.29 is 9.53 Å². The Bertz CT molecular complexity index is 1150. The molecule has 6 heteroatoms. The van der Waals surface area contributed by atoms with E-state index in [1.165, 1.54) is 0 Å². The fourth-order valence-corrected chi connectivity index (χ4v) is 3.85. The van der Waals surface area contributed by atoms with E-state index in [9.17, 15) is 4.79 Å². The van der Waals surface area contributed by atoms with Crippen molar-refractivity contribution in [1.82, 2.24) is 19.4 Å². The smallest absolute Gasteiger partial charge is 0.253 e. The minimum atomic E-state index is 0.0426. The molecule has 0 aliphatic carbocycles. The standard InChI is InChI=1S/C24H22N4O2/c29-24(27-14-12-21(15-27)30-16-19-5-3-4-13-25-19)18-8-10-20(11-9-18)28-17-26-22-6-1-2-7-23(22)28/h1-11,13,17,21H,12,14-16H2/t21-/m0/s1. The van der Waals surface area contributed by atoms with E-state index in [0.717, 1.165) is 28.8 Å². The van der Waals surface area contributed by atoms with Crippen molar-refractivity contribution in [2.24, 2.45) is 0 Å². The molecule has 0 spiro atoms. The molecule has 30 heavy (non-hydrogen) atoms. The maximum Gasteiger partial charge on any atom is 0.253 e. The average Bonchev–Trinajstić information content (AvgIpc) is 3.45. The van der Waals surface area contributed by atoms with Crippen LogP contribution in [0.5, 0.6) is 0 Å². The molecule has 0 bridgehead atoms. The first-order chi connectivity index (χ1) is 14.8. The summed E-state index contributed by atoms with van der Waals surface area (Å²) in [5.41, 5.74) is 4.58. The summed E-state index contributed by atoms with van der Waals surface area (Å²) >= 11 is 0. The first-order valence-electron chi connectivity index (χ1n) is 10.1. The molecule has 4 aromatic rings. The lowest BCUT2D eigenvalue weighted by molar-refractivity contribution is 0.0422. The number of para-hydroxylation sites is 2. The number of nitrogens with zero attached hydrogens (tertiary/aromatic N) is 4. The predicted molar refractivity (Wildman–Crippen MR) is 114 cm³/mol. The summed E-state index contributed by atoms with van der Waals surface area (Å²) in [6.45, 7) is 1.79. The van der Waals surface area contributed by atoms with Crippen molar-refractivity contribution >= 4 is 16.9 Å². The number of hydrogen-bond acceptors (Lipinski definition) is 4. The van der Waals surface area contributed by atoms with E-state index in [1.807, 2.05) is 82.5 Å². The number of aromatic nitrogens is 3. The fourth-order valence-electron chi connectivity index (χ4n) is 3.85. The van der Waals surface area contributed by atoms with E-state index in [1.54, 1.807) is 6.20 Å². The van der Waals surface area contributed by atoms with Crippen molar-refractivity contribution in [3.63, 3.8) is 0 Å². The Balaban J connectivity index is 1.23. The number of benzene rings is 2. The van der Waals surface area contributed by atoms with E-state index in [0.29, 0.717) is 25.3 Å². The molecular formula is C24H22N4O2. The molecule has 1 amide bonds. The Labute approximate surface area is 174 Å². The molecule has 1 aliphatic rings. The summed E-state index contributed by atoms with van der Waals surface area (Å²) in [5, 5.41) is 0. The van der Waals surface area contributed by atoms with Crippen molar-refractivity contribution in [2.75, 3.05) is 13.1 Å². The lowest BCUT2D eigenvalue weighted by atomic mass is 10.2. The van der Waals surface area contributed by atoms with Gasteiger partial charge in [-0.15, -0.1) is 0 Å². The molecule has 150 valence electrons.